The van der Waals surface area contributed by atoms with E-state index in [0.29, 0.717) is 11.7 Å². The Hall–Kier alpha value is -1.61. The van der Waals surface area contributed by atoms with E-state index in [1.165, 1.54) is 48.7 Å². The van der Waals surface area contributed by atoms with Crippen LogP contribution in [0.4, 0.5) is 4.39 Å². The van der Waals surface area contributed by atoms with Crippen molar-refractivity contribution >= 4 is 17.5 Å². The minimum Gasteiger partial charge on any atom is -0.293 e. The first-order chi connectivity index (χ1) is 10.2. The molecule has 0 unspecified atom stereocenters. The topological polar surface area (TPSA) is 17.1 Å². The van der Waals surface area contributed by atoms with Crippen molar-refractivity contribution in [3.63, 3.8) is 0 Å². The first kappa shape index (κ1) is 14.3. The predicted molar refractivity (Wildman–Crippen MR) is 84.5 cm³/mol. The largest absolute Gasteiger partial charge is 0.293 e. The van der Waals surface area contributed by atoms with E-state index in [1.54, 1.807) is 6.07 Å². The number of carbonyl (C=O) groups excluding carboxylic acids is 1. The van der Waals surface area contributed by atoms with Crippen LogP contribution >= 0.6 is 11.8 Å². The number of thioether (sulfide) groups is 1. The van der Waals surface area contributed by atoms with Crippen molar-refractivity contribution in [1.29, 1.82) is 0 Å². The van der Waals surface area contributed by atoms with Gasteiger partial charge in [0.25, 0.3) is 0 Å². The van der Waals surface area contributed by atoms with Crippen molar-refractivity contribution < 1.29 is 9.18 Å². The second kappa shape index (κ2) is 6.44. The van der Waals surface area contributed by atoms with Gasteiger partial charge in [0.15, 0.2) is 5.78 Å². The summed E-state index contributed by atoms with van der Waals surface area (Å²) in [6, 6.07) is 14.3. The van der Waals surface area contributed by atoms with Crippen LogP contribution in [0.1, 0.15) is 41.1 Å². The lowest BCUT2D eigenvalue weighted by molar-refractivity contribution is 0.102. The maximum Gasteiger partial charge on any atom is 0.173 e. The lowest BCUT2D eigenvalue weighted by atomic mass is 9.79. The average molecular weight is 300 g/mol. The van der Waals surface area contributed by atoms with Gasteiger partial charge < -0.3 is 0 Å². The maximum atomic E-state index is 13.1. The summed E-state index contributed by atoms with van der Waals surface area (Å²) in [6.45, 7) is 0. The fraction of sp³-hybridized carbons (Fsp3) is 0.278. The Labute approximate surface area is 128 Å². The van der Waals surface area contributed by atoms with Gasteiger partial charge in [-0.25, -0.2) is 4.39 Å². The van der Waals surface area contributed by atoms with Crippen LogP contribution in [0.2, 0.25) is 0 Å². The van der Waals surface area contributed by atoms with Gasteiger partial charge in [-0.2, -0.15) is 0 Å². The molecule has 108 valence electrons. The van der Waals surface area contributed by atoms with Crippen molar-refractivity contribution in [2.75, 3.05) is 5.75 Å². The molecule has 0 bridgehead atoms. The molecule has 0 radical (unpaired) electrons. The van der Waals surface area contributed by atoms with Gasteiger partial charge in [0.1, 0.15) is 5.82 Å². The van der Waals surface area contributed by atoms with Gasteiger partial charge >= 0.3 is 0 Å². The van der Waals surface area contributed by atoms with Crippen LogP contribution in [0.3, 0.4) is 0 Å². The van der Waals surface area contributed by atoms with Gasteiger partial charge in [-0.3, -0.25) is 4.79 Å². The highest BCUT2D eigenvalue weighted by Gasteiger charge is 2.20. The van der Waals surface area contributed by atoms with Crippen LogP contribution in [-0.4, -0.2) is 11.5 Å². The highest BCUT2D eigenvalue weighted by atomic mass is 32.2. The fourth-order valence-corrected chi connectivity index (χ4v) is 3.33. The predicted octanol–water partition coefficient (Wildman–Crippen LogP) is 5.07. The number of halogens is 1. The van der Waals surface area contributed by atoms with E-state index in [4.69, 9.17) is 0 Å². The molecule has 1 saturated carbocycles. The van der Waals surface area contributed by atoms with E-state index in [0.717, 1.165) is 10.5 Å². The van der Waals surface area contributed by atoms with E-state index >= 15 is 0 Å². The molecule has 0 saturated heterocycles. The Morgan fingerprint density at radius 3 is 2.67 bits per heavy atom. The summed E-state index contributed by atoms with van der Waals surface area (Å²) in [4.78, 5) is 13.1. The van der Waals surface area contributed by atoms with Crippen LogP contribution < -0.4 is 0 Å². The number of benzene rings is 2. The van der Waals surface area contributed by atoms with Crippen molar-refractivity contribution in [2.45, 2.75) is 30.1 Å². The third-order valence-corrected chi connectivity index (χ3v) is 4.94. The Balaban J connectivity index is 1.65. The Kier molecular flexibility index (Phi) is 4.39. The summed E-state index contributed by atoms with van der Waals surface area (Å²) in [5.41, 5.74) is 2.05. The molecule has 2 aromatic rings. The Bertz CT molecular complexity index is 649. The molecular weight excluding hydrogens is 283 g/mol. The number of carbonyl (C=O) groups is 1. The van der Waals surface area contributed by atoms with Crippen molar-refractivity contribution in [2.24, 2.45) is 0 Å². The second-order valence-corrected chi connectivity index (χ2v) is 6.47. The number of hydrogen-bond donors (Lipinski definition) is 0. The molecule has 0 amide bonds. The number of hydrogen-bond acceptors (Lipinski definition) is 2. The van der Waals surface area contributed by atoms with Crippen molar-refractivity contribution in [3.8, 4) is 0 Å². The third kappa shape index (κ3) is 3.53. The number of ketones is 1. The smallest absolute Gasteiger partial charge is 0.173 e. The lowest BCUT2D eigenvalue weighted by Gasteiger charge is -2.26. The van der Waals surface area contributed by atoms with Crippen LogP contribution in [0.25, 0.3) is 0 Å². The van der Waals surface area contributed by atoms with Crippen molar-refractivity contribution in [3.05, 3.63) is 65.5 Å². The third-order valence-electron chi connectivity index (χ3n) is 3.95. The molecule has 0 N–H and O–H groups in total. The summed E-state index contributed by atoms with van der Waals surface area (Å²) in [5.74, 6) is 0.816. The molecule has 1 aliphatic rings. The van der Waals surface area contributed by atoms with Crippen LogP contribution in [0.15, 0.2) is 53.4 Å². The van der Waals surface area contributed by atoms with Crippen molar-refractivity contribution in [1.82, 2.24) is 0 Å². The van der Waals surface area contributed by atoms with E-state index in [2.05, 4.69) is 6.07 Å². The molecule has 3 rings (SSSR count). The molecule has 21 heavy (non-hydrogen) atoms. The maximum absolute atomic E-state index is 13.1. The number of rotatable bonds is 5. The average Bonchev–Trinajstić information content (AvgIpc) is 2.43. The molecule has 0 heterocycles. The Morgan fingerprint density at radius 1 is 1.14 bits per heavy atom. The SMILES string of the molecule is O=C(CSc1cccc(F)c1)c1cccc(C2CCC2)c1. The molecule has 1 aliphatic carbocycles. The summed E-state index contributed by atoms with van der Waals surface area (Å²) in [5, 5.41) is 0. The zero-order valence-electron chi connectivity index (χ0n) is 11.7. The zero-order valence-corrected chi connectivity index (χ0v) is 12.5. The molecular formula is C18H17FOS. The zero-order chi connectivity index (χ0) is 14.7. The van der Waals surface area contributed by atoms with Gasteiger partial charge in [0.2, 0.25) is 0 Å². The monoisotopic (exact) mass is 300 g/mol. The molecule has 0 aromatic heterocycles. The standard InChI is InChI=1S/C18H17FOS/c19-16-8-3-9-17(11-16)21-12-18(20)15-7-2-6-14(10-15)13-4-1-5-13/h2-3,6-11,13H,1,4-5,12H2. The van der Waals surface area contributed by atoms with Crippen LogP contribution in [-0.2, 0) is 0 Å². The number of Topliss-reactive ketones (excluding diaryl/α,β-unsaturated/α-hetero) is 1. The summed E-state index contributed by atoms with van der Waals surface area (Å²) in [6.07, 6.45) is 3.75. The molecule has 0 aliphatic heterocycles. The Morgan fingerprint density at radius 2 is 1.95 bits per heavy atom. The van der Waals surface area contributed by atoms with Gasteiger partial charge in [0, 0.05) is 10.5 Å². The highest BCUT2D eigenvalue weighted by molar-refractivity contribution is 8.00. The minimum atomic E-state index is -0.264. The van der Waals surface area contributed by atoms with E-state index in [-0.39, 0.29) is 11.6 Å². The van der Waals surface area contributed by atoms with Crippen LogP contribution in [0.5, 0.6) is 0 Å². The fourth-order valence-electron chi connectivity index (χ4n) is 2.50. The first-order valence-corrected chi connectivity index (χ1v) is 8.22. The molecule has 3 heteroatoms. The van der Waals surface area contributed by atoms with Gasteiger partial charge in [-0.1, -0.05) is 30.7 Å². The van der Waals surface area contributed by atoms with Gasteiger partial charge in [-0.05, 0) is 48.6 Å². The van der Waals surface area contributed by atoms with E-state index in [9.17, 15) is 9.18 Å². The highest BCUT2D eigenvalue weighted by Crippen LogP contribution is 2.36. The molecule has 2 aromatic carbocycles. The quantitative estimate of drug-likeness (QED) is 0.566. The van der Waals surface area contributed by atoms with Gasteiger partial charge in [0.05, 0.1) is 5.75 Å². The lowest BCUT2D eigenvalue weighted by Crippen LogP contribution is -2.10. The molecule has 1 fully saturated rings. The summed E-state index contributed by atoms with van der Waals surface area (Å²) in [7, 11) is 0. The van der Waals surface area contributed by atoms with E-state index < -0.39 is 0 Å². The minimum absolute atomic E-state index is 0.102. The van der Waals surface area contributed by atoms with Gasteiger partial charge in [-0.15, -0.1) is 11.8 Å². The normalized spacial score (nSPS) is 14.7. The molecule has 1 nitrogen and oxygen atoms in total. The first-order valence-electron chi connectivity index (χ1n) is 7.24. The van der Waals surface area contributed by atoms with E-state index in [1.807, 2.05) is 24.3 Å². The molecule has 0 atom stereocenters. The van der Waals surface area contributed by atoms with Crippen LogP contribution in [0, 0.1) is 5.82 Å². The second-order valence-electron chi connectivity index (χ2n) is 5.42. The molecule has 0 spiro atoms. The summed E-state index contributed by atoms with van der Waals surface area (Å²) >= 11 is 1.38. The summed E-state index contributed by atoms with van der Waals surface area (Å²) < 4.78 is 13.1.